The van der Waals surface area contributed by atoms with E-state index in [9.17, 15) is 4.79 Å². The Morgan fingerprint density at radius 3 is 2.12 bits per heavy atom. The highest BCUT2D eigenvalue weighted by Crippen LogP contribution is 2.31. The third kappa shape index (κ3) is 9.29. The molecule has 33 heavy (non-hydrogen) atoms. The summed E-state index contributed by atoms with van der Waals surface area (Å²) < 4.78 is 12.2. The van der Waals surface area contributed by atoms with Crippen LogP contribution in [0.3, 0.4) is 0 Å². The third-order valence-corrected chi connectivity index (χ3v) is 6.21. The van der Waals surface area contributed by atoms with E-state index in [0.717, 1.165) is 49.3 Å². The molecule has 1 heterocycles. The van der Waals surface area contributed by atoms with Gasteiger partial charge in [-0.15, -0.1) is 0 Å². The average molecular weight is 461 g/mol. The molecule has 1 fully saturated rings. The van der Waals surface area contributed by atoms with E-state index in [1.807, 2.05) is 24.3 Å². The standard InChI is InChI=1S/C28H48N2O3/c1-8-14-33-28(17-21(2)3,18-22(4)5)27(31)29-25-9-11-26(12-10-25)32-15-13-30-19-23(6)16-24(7)20-30/h9-12,21-24H,8,13-20H2,1-7H3,(H,29,31). The maximum atomic E-state index is 13.4. The lowest BCUT2D eigenvalue weighted by Crippen LogP contribution is -2.47. The van der Waals surface area contributed by atoms with E-state index in [4.69, 9.17) is 9.47 Å². The third-order valence-electron chi connectivity index (χ3n) is 6.21. The number of ether oxygens (including phenoxy) is 2. The van der Waals surface area contributed by atoms with E-state index in [-0.39, 0.29) is 5.91 Å². The van der Waals surface area contributed by atoms with Crippen molar-refractivity contribution in [3.05, 3.63) is 24.3 Å². The van der Waals surface area contributed by atoms with Crippen LogP contribution in [0.25, 0.3) is 0 Å². The van der Waals surface area contributed by atoms with E-state index in [0.29, 0.717) is 37.9 Å². The van der Waals surface area contributed by atoms with E-state index < -0.39 is 5.60 Å². The van der Waals surface area contributed by atoms with Crippen molar-refractivity contribution in [1.82, 2.24) is 4.90 Å². The molecule has 0 spiro atoms. The molecule has 0 bridgehead atoms. The number of likely N-dealkylation sites (tertiary alicyclic amines) is 1. The highest BCUT2D eigenvalue weighted by atomic mass is 16.5. The lowest BCUT2D eigenvalue weighted by molar-refractivity contribution is -0.147. The van der Waals surface area contributed by atoms with Crippen molar-refractivity contribution in [2.24, 2.45) is 23.7 Å². The van der Waals surface area contributed by atoms with Gasteiger partial charge in [-0.25, -0.2) is 0 Å². The van der Waals surface area contributed by atoms with Crippen LogP contribution in [0.15, 0.2) is 24.3 Å². The summed E-state index contributed by atoms with van der Waals surface area (Å²) in [6.45, 7) is 19.9. The fourth-order valence-electron chi connectivity index (χ4n) is 5.22. The van der Waals surface area contributed by atoms with Gasteiger partial charge in [-0.2, -0.15) is 0 Å². The van der Waals surface area contributed by atoms with Gasteiger partial charge in [0.05, 0.1) is 0 Å². The molecule has 1 amide bonds. The van der Waals surface area contributed by atoms with Crippen LogP contribution in [0.5, 0.6) is 5.75 Å². The molecule has 1 saturated heterocycles. The quantitative estimate of drug-likeness (QED) is 0.378. The number of anilines is 1. The van der Waals surface area contributed by atoms with Crippen LogP contribution in [0.2, 0.25) is 0 Å². The van der Waals surface area contributed by atoms with Crippen LogP contribution in [0.4, 0.5) is 5.69 Å². The molecule has 1 aromatic rings. The maximum Gasteiger partial charge on any atom is 0.256 e. The number of carbonyl (C=O) groups excluding carboxylic acids is 1. The first-order valence-electron chi connectivity index (χ1n) is 13.0. The number of rotatable bonds is 13. The molecule has 0 aliphatic carbocycles. The molecule has 1 aliphatic heterocycles. The molecule has 0 aromatic heterocycles. The monoisotopic (exact) mass is 460 g/mol. The van der Waals surface area contributed by atoms with Crippen LogP contribution >= 0.6 is 0 Å². The molecule has 1 N–H and O–H groups in total. The number of nitrogens with one attached hydrogen (secondary N) is 1. The summed E-state index contributed by atoms with van der Waals surface area (Å²) in [5.74, 6) is 3.05. The highest BCUT2D eigenvalue weighted by molar-refractivity contribution is 5.97. The smallest absolute Gasteiger partial charge is 0.256 e. The molecule has 2 unspecified atom stereocenters. The zero-order chi connectivity index (χ0) is 24.4. The fourth-order valence-corrected chi connectivity index (χ4v) is 5.22. The van der Waals surface area contributed by atoms with Crippen LogP contribution in [0.1, 0.15) is 74.1 Å². The van der Waals surface area contributed by atoms with Gasteiger partial charge in [0.25, 0.3) is 5.91 Å². The van der Waals surface area contributed by atoms with Crippen LogP contribution in [-0.2, 0) is 9.53 Å². The molecule has 1 aliphatic rings. The summed E-state index contributed by atoms with van der Waals surface area (Å²) in [6, 6.07) is 7.73. The summed E-state index contributed by atoms with van der Waals surface area (Å²) >= 11 is 0. The lowest BCUT2D eigenvalue weighted by Gasteiger charge is -2.35. The van der Waals surface area contributed by atoms with E-state index >= 15 is 0 Å². The first-order valence-corrected chi connectivity index (χ1v) is 13.0. The molecular formula is C28H48N2O3. The number of nitrogens with zero attached hydrogens (tertiary/aromatic N) is 1. The molecule has 2 atom stereocenters. The van der Waals surface area contributed by atoms with Crippen molar-refractivity contribution in [3.8, 4) is 5.75 Å². The van der Waals surface area contributed by atoms with Crippen molar-refractivity contribution in [2.75, 3.05) is 38.2 Å². The van der Waals surface area contributed by atoms with Crippen molar-refractivity contribution in [2.45, 2.75) is 79.8 Å². The van der Waals surface area contributed by atoms with Gasteiger partial charge in [-0.05, 0) is 73.6 Å². The molecule has 5 nitrogen and oxygen atoms in total. The summed E-state index contributed by atoms with van der Waals surface area (Å²) in [5.41, 5.74) is -0.0148. The number of hydrogen-bond donors (Lipinski definition) is 1. The predicted octanol–water partition coefficient (Wildman–Crippen LogP) is 6.24. The van der Waals surface area contributed by atoms with Gasteiger partial charge in [0, 0.05) is 31.9 Å². The Balaban J connectivity index is 1.95. The van der Waals surface area contributed by atoms with Gasteiger partial charge in [-0.1, -0.05) is 48.5 Å². The molecule has 2 rings (SSSR count). The summed E-state index contributed by atoms with van der Waals surface area (Å²) in [4.78, 5) is 15.9. The van der Waals surface area contributed by atoms with E-state index in [1.54, 1.807) is 0 Å². The minimum absolute atomic E-state index is 0.0413. The fraction of sp³-hybridized carbons (Fsp3) is 0.750. The largest absolute Gasteiger partial charge is 0.492 e. The normalized spacial score (nSPS) is 19.8. The van der Waals surface area contributed by atoms with Crippen LogP contribution in [0, 0.1) is 23.7 Å². The number of piperidine rings is 1. The van der Waals surface area contributed by atoms with Gasteiger partial charge < -0.3 is 14.8 Å². The Morgan fingerprint density at radius 2 is 1.61 bits per heavy atom. The van der Waals surface area contributed by atoms with Crippen LogP contribution < -0.4 is 10.1 Å². The van der Waals surface area contributed by atoms with Crippen LogP contribution in [-0.4, -0.2) is 49.3 Å². The van der Waals surface area contributed by atoms with Gasteiger partial charge in [0.1, 0.15) is 18.0 Å². The molecule has 188 valence electrons. The zero-order valence-electron chi connectivity index (χ0n) is 22.2. The maximum absolute atomic E-state index is 13.4. The summed E-state index contributed by atoms with van der Waals surface area (Å²) in [6.07, 6.45) is 3.65. The van der Waals surface area contributed by atoms with Crippen molar-refractivity contribution in [1.29, 1.82) is 0 Å². The Morgan fingerprint density at radius 1 is 1.03 bits per heavy atom. The second-order valence-corrected chi connectivity index (χ2v) is 11.1. The summed E-state index contributed by atoms with van der Waals surface area (Å²) in [5, 5.41) is 3.12. The highest BCUT2D eigenvalue weighted by Gasteiger charge is 2.40. The van der Waals surface area contributed by atoms with Crippen molar-refractivity contribution < 1.29 is 14.3 Å². The second kappa shape index (κ2) is 13.3. The topological polar surface area (TPSA) is 50.8 Å². The number of amides is 1. The predicted molar refractivity (Wildman–Crippen MR) is 138 cm³/mol. The minimum Gasteiger partial charge on any atom is -0.492 e. The zero-order valence-corrected chi connectivity index (χ0v) is 22.2. The van der Waals surface area contributed by atoms with Gasteiger partial charge in [-0.3, -0.25) is 9.69 Å². The average Bonchev–Trinajstić information content (AvgIpc) is 2.71. The molecule has 0 radical (unpaired) electrons. The van der Waals surface area contributed by atoms with Gasteiger partial charge in [0.15, 0.2) is 0 Å². The van der Waals surface area contributed by atoms with Gasteiger partial charge >= 0.3 is 0 Å². The second-order valence-electron chi connectivity index (χ2n) is 11.1. The van der Waals surface area contributed by atoms with E-state index in [2.05, 4.69) is 58.7 Å². The molecule has 1 aromatic carbocycles. The Kier molecular flexibility index (Phi) is 11.2. The molecule has 5 heteroatoms. The number of benzene rings is 1. The van der Waals surface area contributed by atoms with Crippen molar-refractivity contribution in [3.63, 3.8) is 0 Å². The number of carbonyl (C=O) groups is 1. The molecule has 0 saturated carbocycles. The first-order chi connectivity index (χ1) is 15.6. The van der Waals surface area contributed by atoms with Crippen molar-refractivity contribution >= 4 is 11.6 Å². The van der Waals surface area contributed by atoms with Gasteiger partial charge in [0.2, 0.25) is 0 Å². The summed E-state index contributed by atoms with van der Waals surface area (Å²) in [7, 11) is 0. The lowest BCUT2D eigenvalue weighted by atomic mass is 9.83. The Hall–Kier alpha value is -1.59. The Bertz CT molecular complexity index is 682. The Labute approximate surface area is 202 Å². The first kappa shape index (κ1) is 27.7. The minimum atomic E-state index is -0.795. The number of hydrogen-bond acceptors (Lipinski definition) is 4. The SMILES string of the molecule is CCCOC(CC(C)C)(CC(C)C)C(=O)Nc1ccc(OCCN2CC(C)CC(C)C2)cc1. The molecular weight excluding hydrogens is 412 g/mol. The van der Waals surface area contributed by atoms with E-state index in [1.165, 1.54) is 6.42 Å².